The molecule has 1 atom stereocenters. The van der Waals surface area contributed by atoms with Crippen LogP contribution in [-0.2, 0) is 17.8 Å². The second-order valence-electron chi connectivity index (χ2n) is 5.66. The third-order valence-electron chi connectivity index (χ3n) is 3.87. The molecule has 1 aromatic carbocycles. The fourth-order valence-corrected chi connectivity index (χ4v) is 2.51. The second-order valence-corrected chi connectivity index (χ2v) is 5.66. The van der Waals surface area contributed by atoms with E-state index in [0.29, 0.717) is 19.5 Å². The molecular weight excluding hydrogens is 268 g/mol. The van der Waals surface area contributed by atoms with Gasteiger partial charge in [-0.1, -0.05) is 31.2 Å². The van der Waals surface area contributed by atoms with Gasteiger partial charge in [-0.3, -0.25) is 4.79 Å². The first kappa shape index (κ1) is 15.4. The minimum Gasteiger partial charge on any atom is -0.481 e. The fraction of sp³-hybridized carbons (Fsp3) is 0.500. The van der Waals surface area contributed by atoms with E-state index in [2.05, 4.69) is 17.4 Å². The maximum atomic E-state index is 12.1. The Kier molecular flexibility index (Phi) is 5.20. The smallest absolute Gasteiger partial charge is 0.317 e. The summed E-state index contributed by atoms with van der Waals surface area (Å²) in [6.07, 6.45) is 1.62. The van der Waals surface area contributed by atoms with Gasteiger partial charge in [-0.2, -0.15) is 0 Å². The van der Waals surface area contributed by atoms with Gasteiger partial charge in [-0.05, 0) is 29.9 Å². The van der Waals surface area contributed by atoms with Gasteiger partial charge < -0.3 is 15.3 Å². The number of nitrogens with zero attached hydrogens (tertiary/aromatic N) is 1. The zero-order chi connectivity index (χ0) is 15.2. The number of carbonyl (C=O) groups excluding carboxylic acids is 1. The average molecular weight is 290 g/mol. The van der Waals surface area contributed by atoms with Crippen LogP contribution < -0.4 is 5.32 Å². The summed E-state index contributed by atoms with van der Waals surface area (Å²) >= 11 is 0. The lowest BCUT2D eigenvalue weighted by Gasteiger charge is -2.29. The normalized spacial score (nSPS) is 15.2. The van der Waals surface area contributed by atoms with Gasteiger partial charge in [-0.25, -0.2) is 4.79 Å². The molecular formula is C16H22N2O3. The molecule has 0 aliphatic carbocycles. The minimum absolute atomic E-state index is 0.0633. The molecule has 0 bridgehead atoms. The number of nitrogens with one attached hydrogen (secondary N) is 1. The largest absolute Gasteiger partial charge is 0.481 e. The molecule has 1 aromatic rings. The van der Waals surface area contributed by atoms with Crippen molar-refractivity contribution in [3.8, 4) is 0 Å². The Morgan fingerprint density at radius 2 is 2.05 bits per heavy atom. The van der Waals surface area contributed by atoms with E-state index in [4.69, 9.17) is 5.11 Å². The van der Waals surface area contributed by atoms with Gasteiger partial charge >= 0.3 is 12.0 Å². The SMILES string of the molecule is CC(CCC(=O)O)CNC(=O)N1CCc2ccccc2C1. The number of benzene rings is 1. The van der Waals surface area contributed by atoms with Crippen molar-refractivity contribution >= 4 is 12.0 Å². The molecule has 1 unspecified atom stereocenters. The van der Waals surface area contributed by atoms with E-state index in [-0.39, 0.29) is 18.4 Å². The Labute approximate surface area is 125 Å². The molecule has 5 nitrogen and oxygen atoms in total. The highest BCUT2D eigenvalue weighted by Crippen LogP contribution is 2.18. The van der Waals surface area contributed by atoms with Crippen molar-refractivity contribution in [1.82, 2.24) is 10.2 Å². The van der Waals surface area contributed by atoms with Crippen molar-refractivity contribution in [3.05, 3.63) is 35.4 Å². The van der Waals surface area contributed by atoms with Crippen LogP contribution in [0.5, 0.6) is 0 Å². The lowest BCUT2D eigenvalue weighted by Crippen LogP contribution is -2.44. The summed E-state index contributed by atoms with van der Waals surface area (Å²) in [5.74, 6) is -0.622. The number of hydrogen-bond acceptors (Lipinski definition) is 2. The summed E-state index contributed by atoms with van der Waals surface area (Å²) < 4.78 is 0. The lowest BCUT2D eigenvalue weighted by atomic mass is 10.0. The fourth-order valence-electron chi connectivity index (χ4n) is 2.51. The highest BCUT2D eigenvalue weighted by Gasteiger charge is 2.20. The Hall–Kier alpha value is -2.04. The van der Waals surface area contributed by atoms with Crippen LogP contribution in [0.15, 0.2) is 24.3 Å². The van der Waals surface area contributed by atoms with Gasteiger partial charge in [0, 0.05) is 26.1 Å². The Morgan fingerprint density at radius 1 is 1.33 bits per heavy atom. The average Bonchev–Trinajstić information content (AvgIpc) is 2.50. The number of urea groups is 1. The lowest BCUT2D eigenvalue weighted by molar-refractivity contribution is -0.137. The molecule has 1 aliphatic heterocycles. The van der Waals surface area contributed by atoms with E-state index < -0.39 is 5.97 Å². The highest BCUT2D eigenvalue weighted by atomic mass is 16.4. The monoisotopic (exact) mass is 290 g/mol. The molecule has 0 spiro atoms. The third kappa shape index (κ3) is 4.48. The van der Waals surface area contributed by atoms with Crippen molar-refractivity contribution in [3.63, 3.8) is 0 Å². The molecule has 0 radical (unpaired) electrons. The maximum Gasteiger partial charge on any atom is 0.317 e. The number of aliphatic carboxylic acids is 1. The Morgan fingerprint density at radius 3 is 2.76 bits per heavy atom. The third-order valence-corrected chi connectivity index (χ3v) is 3.87. The van der Waals surface area contributed by atoms with Gasteiger partial charge in [0.25, 0.3) is 0 Å². The van der Waals surface area contributed by atoms with Gasteiger partial charge in [0.2, 0.25) is 0 Å². The van der Waals surface area contributed by atoms with Crippen molar-refractivity contribution in [1.29, 1.82) is 0 Å². The van der Waals surface area contributed by atoms with Crippen molar-refractivity contribution in [2.75, 3.05) is 13.1 Å². The highest BCUT2D eigenvalue weighted by molar-refractivity contribution is 5.74. The van der Waals surface area contributed by atoms with E-state index in [1.54, 1.807) is 0 Å². The first-order valence-corrected chi connectivity index (χ1v) is 7.37. The first-order chi connectivity index (χ1) is 10.1. The quantitative estimate of drug-likeness (QED) is 0.874. The number of rotatable bonds is 5. The molecule has 21 heavy (non-hydrogen) atoms. The van der Waals surface area contributed by atoms with Crippen LogP contribution in [0.2, 0.25) is 0 Å². The molecule has 2 rings (SSSR count). The zero-order valence-electron chi connectivity index (χ0n) is 12.3. The van der Waals surface area contributed by atoms with E-state index in [1.165, 1.54) is 11.1 Å². The van der Waals surface area contributed by atoms with Crippen molar-refractivity contribution in [2.45, 2.75) is 32.7 Å². The molecule has 0 saturated heterocycles. The second kappa shape index (κ2) is 7.11. The summed E-state index contributed by atoms with van der Waals surface area (Å²) in [4.78, 5) is 24.5. The van der Waals surface area contributed by atoms with Crippen LogP contribution in [0.1, 0.15) is 30.9 Å². The zero-order valence-corrected chi connectivity index (χ0v) is 12.3. The van der Waals surface area contributed by atoms with Crippen molar-refractivity contribution < 1.29 is 14.7 Å². The van der Waals surface area contributed by atoms with Crippen LogP contribution in [0.25, 0.3) is 0 Å². The molecule has 2 amide bonds. The molecule has 2 N–H and O–H groups in total. The van der Waals surface area contributed by atoms with Gasteiger partial charge in [-0.15, -0.1) is 0 Å². The van der Waals surface area contributed by atoms with Crippen LogP contribution in [0.3, 0.4) is 0 Å². The number of amides is 2. The van der Waals surface area contributed by atoms with Crippen LogP contribution in [-0.4, -0.2) is 35.1 Å². The molecule has 0 saturated carbocycles. The standard InChI is InChI=1S/C16H22N2O3/c1-12(6-7-15(19)20)10-17-16(21)18-9-8-13-4-2-3-5-14(13)11-18/h2-5,12H,6-11H2,1H3,(H,17,21)(H,19,20). The van der Waals surface area contributed by atoms with E-state index in [9.17, 15) is 9.59 Å². The van der Waals surface area contributed by atoms with Crippen LogP contribution in [0.4, 0.5) is 4.79 Å². The molecule has 0 aromatic heterocycles. The summed E-state index contributed by atoms with van der Waals surface area (Å²) in [7, 11) is 0. The number of carboxylic acids is 1. The Balaban J connectivity index is 1.78. The molecule has 1 heterocycles. The summed E-state index contributed by atoms with van der Waals surface area (Å²) in [6.45, 7) is 3.84. The number of fused-ring (bicyclic) bond motifs is 1. The molecule has 1 aliphatic rings. The van der Waals surface area contributed by atoms with Gasteiger partial charge in [0.05, 0.1) is 0 Å². The summed E-state index contributed by atoms with van der Waals surface area (Å²) in [6, 6.07) is 8.13. The minimum atomic E-state index is -0.791. The van der Waals surface area contributed by atoms with E-state index >= 15 is 0 Å². The van der Waals surface area contributed by atoms with Crippen LogP contribution in [0, 0.1) is 5.92 Å². The summed E-state index contributed by atoms with van der Waals surface area (Å²) in [5.41, 5.74) is 2.52. The Bertz CT molecular complexity index is 516. The van der Waals surface area contributed by atoms with Gasteiger partial charge in [0.1, 0.15) is 0 Å². The number of carboxylic acid groups (broad SMARTS) is 1. The topological polar surface area (TPSA) is 69.6 Å². The molecule has 5 heteroatoms. The predicted molar refractivity (Wildman–Crippen MR) is 80.0 cm³/mol. The first-order valence-electron chi connectivity index (χ1n) is 7.37. The van der Waals surface area contributed by atoms with Crippen LogP contribution >= 0.6 is 0 Å². The maximum absolute atomic E-state index is 12.1. The van der Waals surface area contributed by atoms with Gasteiger partial charge in [0.15, 0.2) is 0 Å². The van der Waals surface area contributed by atoms with E-state index in [0.717, 1.165) is 13.0 Å². The predicted octanol–water partition coefficient (Wildman–Crippen LogP) is 2.26. The number of carbonyl (C=O) groups is 2. The number of hydrogen-bond donors (Lipinski definition) is 2. The van der Waals surface area contributed by atoms with Crippen molar-refractivity contribution in [2.24, 2.45) is 5.92 Å². The summed E-state index contributed by atoms with van der Waals surface area (Å²) in [5, 5.41) is 11.5. The molecule has 114 valence electrons. The molecule has 0 fully saturated rings. The van der Waals surface area contributed by atoms with E-state index in [1.807, 2.05) is 24.0 Å².